The maximum absolute atomic E-state index is 15.6. The Bertz CT molecular complexity index is 1390. The zero-order chi connectivity index (χ0) is 23.7. The normalized spacial score (nSPS) is 14.3. The zero-order valence-corrected chi connectivity index (χ0v) is 18.3. The third kappa shape index (κ3) is 3.98. The molecule has 0 unspecified atom stereocenters. The van der Waals surface area contributed by atoms with Crippen LogP contribution in [0.3, 0.4) is 0 Å². The standard InChI is InChI=1S/C26H23FN4O3/c27-21-14-18(34-17-8-2-1-3-9-17)10-11-19(21)23-20(12-13-22(32)33)24(16-6-4-5-7-16)31-25(23)26(28)29-15-30-31/h1-3,8-16H,4-7H2,(H,32,33)(H2,28,29,30)/b13-12+. The van der Waals surface area contributed by atoms with Gasteiger partial charge in [-0.1, -0.05) is 31.0 Å². The van der Waals surface area contributed by atoms with Gasteiger partial charge in [-0.15, -0.1) is 0 Å². The molecule has 172 valence electrons. The quantitative estimate of drug-likeness (QED) is 0.361. The number of carboxylic acid groups (broad SMARTS) is 1. The van der Waals surface area contributed by atoms with Crippen molar-refractivity contribution in [3.8, 4) is 22.6 Å². The highest BCUT2D eigenvalue weighted by Gasteiger charge is 2.29. The van der Waals surface area contributed by atoms with Crippen molar-refractivity contribution in [3.05, 3.63) is 78.0 Å². The van der Waals surface area contributed by atoms with Crippen molar-refractivity contribution in [3.63, 3.8) is 0 Å². The fourth-order valence-electron chi connectivity index (χ4n) is 4.73. The predicted molar refractivity (Wildman–Crippen MR) is 127 cm³/mol. The smallest absolute Gasteiger partial charge is 0.328 e. The molecule has 0 amide bonds. The van der Waals surface area contributed by atoms with Crippen LogP contribution in [0.1, 0.15) is 42.9 Å². The number of hydrogen-bond donors (Lipinski definition) is 2. The molecule has 1 fully saturated rings. The van der Waals surface area contributed by atoms with Crippen LogP contribution in [0, 0.1) is 5.82 Å². The van der Waals surface area contributed by atoms with Crippen molar-refractivity contribution in [2.75, 3.05) is 5.73 Å². The number of para-hydroxylation sites is 1. The van der Waals surface area contributed by atoms with Crippen LogP contribution in [0.25, 0.3) is 22.7 Å². The lowest BCUT2D eigenvalue weighted by atomic mass is 9.94. The Morgan fingerprint density at radius 1 is 1.15 bits per heavy atom. The number of anilines is 1. The second-order valence-electron chi connectivity index (χ2n) is 8.29. The first-order valence-corrected chi connectivity index (χ1v) is 11.1. The lowest BCUT2D eigenvalue weighted by Gasteiger charge is -2.11. The average molecular weight is 458 g/mol. The molecule has 7 nitrogen and oxygen atoms in total. The molecule has 0 atom stereocenters. The summed E-state index contributed by atoms with van der Waals surface area (Å²) in [6.45, 7) is 0. The molecular weight excluding hydrogens is 435 g/mol. The number of rotatable bonds is 6. The summed E-state index contributed by atoms with van der Waals surface area (Å²) in [7, 11) is 0. The topological polar surface area (TPSA) is 103 Å². The molecule has 0 radical (unpaired) electrons. The molecule has 2 heterocycles. The van der Waals surface area contributed by atoms with E-state index in [1.165, 1.54) is 18.5 Å². The molecule has 2 aromatic heterocycles. The van der Waals surface area contributed by atoms with Gasteiger partial charge in [-0.05, 0) is 43.2 Å². The van der Waals surface area contributed by atoms with Crippen molar-refractivity contribution in [2.45, 2.75) is 31.6 Å². The van der Waals surface area contributed by atoms with Crippen molar-refractivity contribution >= 4 is 23.4 Å². The van der Waals surface area contributed by atoms with Gasteiger partial charge in [-0.2, -0.15) is 5.10 Å². The number of carboxylic acids is 1. The Kier molecular flexibility index (Phi) is 5.71. The van der Waals surface area contributed by atoms with E-state index in [4.69, 9.17) is 10.5 Å². The summed E-state index contributed by atoms with van der Waals surface area (Å²) in [6, 6.07) is 13.7. The molecule has 0 aliphatic heterocycles. The summed E-state index contributed by atoms with van der Waals surface area (Å²) in [5, 5.41) is 13.7. The number of aromatic nitrogens is 3. The van der Waals surface area contributed by atoms with Crippen LogP contribution in [-0.2, 0) is 4.79 Å². The summed E-state index contributed by atoms with van der Waals surface area (Å²) in [4.78, 5) is 15.5. The molecule has 0 spiro atoms. The second kappa shape index (κ2) is 8.97. The van der Waals surface area contributed by atoms with Crippen molar-refractivity contribution in [1.82, 2.24) is 14.6 Å². The third-order valence-electron chi connectivity index (χ3n) is 6.15. The van der Waals surface area contributed by atoms with Gasteiger partial charge in [0, 0.05) is 34.8 Å². The molecule has 5 rings (SSSR count). The number of fused-ring (bicyclic) bond motifs is 1. The fraction of sp³-hybridized carbons (Fsp3) is 0.192. The Hall–Kier alpha value is -4.20. The first-order valence-electron chi connectivity index (χ1n) is 11.1. The number of aliphatic carboxylic acids is 1. The van der Waals surface area contributed by atoms with E-state index in [1.54, 1.807) is 28.8 Å². The number of halogens is 1. The fourth-order valence-corrected chi connectivity index (χ4v) is 4.73. The highest BCUT2D eigenvalue weighted by atomic mass is 19.1. The molecule has 1 aliphatic carbocycles. The molecule has 1 aliphatic rings. The van der Waals surface area contributed by atoms with Crippen LogP contribution in [-0.4, -0.2) is 25.7 Å². The third-order valence-corrected chi connectivity index (χ3v) is 6.15. The van der Waals surface area contributed by atoms with Crippen LogP contribution < -0.4 is 10.5 Å². The largest absolute Gasteiger partial charge is 0.478 e. The molecule has 2 aromatic carbocycles. The molecule has 0 saturated heterocycles. The molecule has 0 bridgehead atoms. The molecule has 34 heavy (non-hydrogen) atoms. The van der Waals surface area contributed by atoms with E-state index in [1.807, 2.05) is 18.2 Å². The minimum absolute atomic E-state index is 0.160. The number of nitrogen functional groups attached to an aromatic ring is 1. The van der Waals surface area contributed by atoms with Gasteiger partial charge >= 0.3 is 5.97 Å². The van der Waals surface area contributed by atoms with Gasteiger partial charge in [-0.3, -0.25) is 0 Å². The summed E-state index contributed by atoms with van der Waals surface area (Å²) in [6.07, 6.45) is 7.94. The minimum Gasteiger partial charge on any atom is -0.478 e. The minimum atomic E-state index is -1.09. The summed E-state index contributed by atoms with van der Waals surface area (Å²) in [5.41, 5.74) is 8.89. The predicted octanol–water partition coefficient (Wildman–Crippen LogP) is 5.67. The van der Waals surface area contributed by atoms with Crippen LogP contribution in [0.4, 0.5) is 10.2 Å². The first kappa shape index (κ1) is 21.6. The first-order chi connectivity index (χ1) is 16.5. The van der Waals surface area contributed by atoms with E-state index in [0.717, 1.165) is 37.5 Å². The molecule has 1 saturated carbocycles. The zero-order valence-electron chi connectivity index (χ0n) is 18.3. The number of carbonyl (C=O) groups is 1. The highest BCUT2D eigenvalue weighted by Crippen LogP contribution is 2.44. The maximum atomic E-state index is 15.6. The van der Waals surface area contributed by atoms with Gasteiger partial charge in [-0.25, -0.2) is 18.7 Å². The summed E-state index contributed by atoms with van der Waals surface area (Å²) < 4.78 is 23.0. The van der Waals surface area contributed by atoms with Gasteiger partial charge in [0.25, 0.3) is 0 Å². The summed E-state index contributed by atoms with van der Waals surface area (Å²) >= 11 is 0. The van der Waals surface area contributed by atoms with Gasteiger partial charge in [0.2, 0.25) is 0 Å². The average Bonchev–Trinajstić information content (AvgIpc) is 3.45. The lowest BCUT2D eigenvalue weighted by Crippen LogP contribution is -2.05. The highest BCUT2D eigenvalue weighted by molar-refractivity contribution is 5.97. The van der Waals surface area contributed by atoms with Crippen LogP contribution >= 0.6 is 0 Å². The van der Waals surface area contributed by atoms with Crippen molar-refractivity contribution in [2.24, 2.45) is 0 Å². The Morgan fingerprint density at radius 3 is 2.62 bits per heavy atom. The van der Waals surface area contributed by atoms with E-state index in [2.05, 4.69) is 10.1 Å². The van der Waals surface area contributed by atoms with Crippen molar-refractivity contribution < 1.29 is 19.0 Å². The molecule has 4 aromatic rings. The Morgan fingerprint density at radius 2 is 1.91 bits per heavy atom. The van der Waals surface area contributed by atoms with E-state index < -0.39 is 11.8 Å². The van der Waals surface area contributed by atoms with Gasteiger partial charge in [0.05, 0.1) is 5.69 Å². The molecule has 3 N–H and O–H groups in total. The molecule has 8 heteroatoms. The number of nitrogens with two attached hydrogens (primary N) is 1. The monoisotopic (exact) mass is 458 g/mol. The number of hydrogen-bond acceptors (Lipinski definition) is 5. The van der Waals surface area contributed by atoms with E-state index in [0.29, 0.717) is 28.1 Å². The maximum Gasteiger partial charge on any atom is 0.328 e. The number of ether oxygens (including phenoxy) is 1. The van der Waals surface area contributed by atoms with E-state index in [9.17, 15) is 9.90 Å². The van der Waals surface area contributed by atoms with E-state index >= 15 is 4.39 Å². The number of benzene rings is 2. The van der Waals surface area contributed by atoms with Gasteiger partial charge in [0.15, 0.2) is 5.82 Å². The second-order valence-corrected chi connectivity index (χ2v) is 8.29. The Balaban J connectivity index is 1.71. The molecular formula is C26H23FN4O3. The summed E-state index contributed by atoms with van der Waals surface area (Å²) in [5.74, 6) is -0.318. The van der Waals surface area contributed by atoms with Crippen molar-refractivity contribution in [1.29, 1.82) is 0 Å². The Labute approximate surface area is 195 Å². The van der Waals surface area contributed by atoms with Crippen LogP contribution in [0.2, 0.25) is 0 Å². The van der Waals surface area contributed by atoms with Crippen LogP contribution in [0.15, 0.2) is 60.9 Å². The van der Waals surface area contributed by atoms with Gasteiger partial charge in [0.1, 0.15) is 29.2 Å². The van der Waals surface area contributed by atoms with E-state index in [-0.39, 0.29) is 17.3 Å². The lowest BCUT2D eigenvalue weighted by molar-refractivity contribution is -0.131. The van der Waals surface area contributed by atoms with Gasteiger partial charge < -0.3 is 15.6 Å². The van der Waals surface area contributed by atoms with Crippen LogP contribution in [0.5, 0.6) is 11.5 Å². The SMILES string of the molecule is Nc1ncnn2c(C3CCCC3)c(/C=C/C(=O)O)c(-c3ccc(Oc4ccccc4)cc3F)c12. The number of nitrogens with zero attached hydrogens (tertiary/aromatic N) is 3.